The molecule has 0 atom stereocenters. The van der Waals surface area contributed by atoms with Gasteiger partial charge in [0.1, 0.15) is 0 Å². The van der Waals surface area contributed by atoms with Crippen LogP contribution in [0, 0.1) is 6.92 Å². The fourth-order valence-corrected chi connectivity index (χ4v) is 2.56. The molecule has 0 unspecified atom stereocenters. The minimum absolute atomic E-state index is 0.123. The Bertz CT molecular complexity index is 825. The Morgan fingerprint density at radius 3 is 2.79 bits per heavy atom. The fraction of sp³-hybridized carbons (Fsp3) is 0.250. The van der Waals surface area contributed by atoms with Crippen LogP contribution in [0.1, 0.15) is 12.5 Å². The molecule has 24 heavy (non-hydrogen) atoms. The first kappa shape index (κ1) is 16.3. The number of thioether (sulfide) groups is 1. The van der Waals surface area contributed by atoms with Gasteiger partial charge >= 0.3 is 0 Å². The summed E-state index contributed by atoms with van der Waals surface area (Å²) in [6.45, 7) is 4.77. The third-order valence-electron chi connectivity index (χ3n) is 3.27. The first-order chi connectivity index (χ1) is 11.6. The lowest BCUT2D eigenvalue weighted by molar-refractivity contribution is -0.113. The lowest BCUT2D eigenvalue weighted by Gasteiger charge is -2.03. The number of aromatic nitrogens is 4. The second-order valence-electron chi connectivity index (χ2n) is 5.16. The van der Waals surface area contributed by atoms with Gasteiger partial charge in [-0.3, -0.25) is 9.48 Å². The maximum Gasteiger partial charge on any atom is 0.277 e. The van der Waals surface area contributed by atoms with Gasteiger partial charge in [0.15, 0.2) is 0 Å². The van der Waals surface area contributed by atoms with E-state index < -0.39 is 0 Å². The molecule has 0 aliphatic heterocycles. The number of amides is 1. The number of anilines is 1. The first-order valence-electron chi connectivity index (χ1n) is 7.49. The molecule has 0 saturated heterocycles. The minimum Gasteiger partial charge on any atom is -0.411 e. The molecule has 0 aliphatic carbocycles. The molecule has 0 fully saturated rings. The summed E-state index contributed by atoms with van der Waals surface area (Å²) in [7, 11) is 0. The zero-order valence-electron chi connectivity index (χ0n) is 13.4. The molecule has 8 heteroatoms. The second-order valence-corrected chi connectivity index (χ2v) is 6.09. The van der Waals surface area contributed by atoms with Crippen molar-refractivity contribution in [2.75, 3.05) is 11.1 Å². The van der Waals surface area contributed by atoms with E-state index in [1.165, 1.54) is 11.8 Å². The van der Waals surface area contributed by atoms with Crippen LogP contribution in [0.15, 0.2) is 46.3 Å². The van der Waals surface area contributed by atoms with Crippen LogP contribution in [-0.4, -0.2) is 31.6 Å². The van der Waals surface area contributed by atoms with E-state index in [1.54, 1.807) is 10.9 Å². The molecule has 0 bridgehead atoms. The van der Waals surface area contributed by atoms with Crippen LogP contribution in [-0.2, 0) is 11.3 Å². The summed E-state index contributed by atoms with van der Waals surface area (Å²) in [5.41, 5.74) is 2.68. The number of rotatable bonds is 6. The largest absolute Gasteiger partial charge is 0.411 e. The zero-order valence-corrected chi connectivity index (χ0v) is 14.2. The third-order valence-corrected chi connectivity index (χ3v) is 4.09. The molecule has 2 aromatic heterocycles. The predicted molar refractivity (Wildman–Crippen MR) is 91.7 cm³/mol. The van der Waals surface area contributed by atoms with E-state index in [4.69, 9.17) is 4.42 Å². The number of nitrogens with one attached hydrogen (secondary N) is 1. The molecule has 2 heterocycles. The molecule has 124 valence electrons. The minimum atomic E-state index is -0.123. The van der Waals surface area contributed by atoms with Crippen molar-refractivity contribution in [1.82, 2.24) is 20.0 Å². The first-order valence-corrected chi connectivity index (χ1v) is 8.48. The number of hydrogen-bond donors (Lipinski definition) is 1. The van der Waals surface area contributed by atoms with Crippen LogP contribution >= 0.6 is 11.8 Å². The smallest absolute Gasteiger partial charge is 0.277 e. The number of carbonyl (C=O) groups is 1. The molecule has 3 rings (SSSR count). The van der Waals surface area contributed by atoms with E-state index in [2.05, 4.69) is 20.6 Å². The highest BCUT2D eigenvalue weighted by molar-refractivity contribution is 7.99. The van der Waals surface area contributed by atoms with Crippen LogP contribution in [0.2, 0.25) is 0 Å². The van der Waals surface area contributed by atoms with E-state index in [-0.39, 0.29) is 11.7 Å². The van der Waals surface area contributed by atoms with Gasteiger partial charge in [-0.15, -0.1) is 10.2 Å². The molecular weight excluding hydrogens is 326 g/mol. The van der Waals surface area contributed by atoms with Crippen molar-refractivity contribution in [3.05, 3.63) is 42.2 Å². The van der Waals surface area contributed by atoms with Gasteiger partial charge in [-0.05, 0) is 26.0 Å². The number of hydrogen-bond acceptors (Lipinski definition) is 6. The quantitative estimate of drug-likeness (QED) is 0.693. The van der Waals surface area contributed by atoms with E-state index in [0.29, 0.717) is 11.1 Å². The Hall–Kier alpha value is -2.61. The lowest BCUT2D eigenvalue weighted by Crippen LogP contribution is -2.13. The Morgan fingerprint density at radius 1 is 1.29 bits per heavy atom. The Kier molecular flexibility index (Phi) is 4.95. The molecule has 0 radical (unpaired) electrons. The Balaban J connectivity index is 1.55. The van der Waals surface area contributed by atoms with E-state index in [9.17, 15) is 4.79 Å². The highest BCUT2D eigenvalue weighted by atomic mass is 32.2. The van der Waals surface area contributed by atoms with Gasteiger partial charge in [-0.25, -0.2) is 0 Å². The Labute approximate surface area is 143 Å². The van der Waals surface area contributed by atoms with Crippen LogP contribution in [0.4, 0.5) is 5.69 Å². The zero-order chi connectivity index (χ0) is 16.9. The van der Waals surface area contributed by atoms with Gasteiger partial charge in [0, 0.05) is 18.4 Å². The summed E-state index contributed by atoms with van der Waals surface area (Å²) < 4.78 is 7.33. The monoisotopic (exact) mass is 343 g/mol. The van der Waals surface area contributed by atoms with Gasteiger partial charge in [-0.1, -0.05) is 29.5 Å². The van der Waals surface area contributed by atoms with Crippen LogP contribution < -0.4 is 5.32 Å². The lowest BCUT2D eigenvalue weighted by atomic mass is 10.2. The van der Waals surface area contributed by atoms with Crippen LogP contribution in [0.25, 0.3) is 11.5 Å². The molecule has 1 amide bonds. The van der Waals surface area contributed by atoms with Crippen molar-refractivity contribution in [2.24, 2.45) is 0 Å². The topological polar surface area (TPSA) is 85.8 Å². The molecule has 3 aromatic rings. The molecule has 0 saturated carbocycles. The van der Waals surface area contributed by atoms with Crippen LogP contribution in [0.5, 0.6) is 0 Å². The summed E-state index contributed by atoms with van der Waals surface area (Å²) in [4.78, 5) is 12.0. The second kappa shape index (κ2) is 7.31. The van der Waals surface area contributed by atoms with Crippen molar-refractivity contribution in [1.29, 1.82) is 0 Å². The predicted octanol–water partition coefficient (Wildman–Crippen LogP) is 2.99. The highest BCUT2D eigenvalue weighted by Crippen LogP contribution is 2.23. The van der Waals surface area contributed by atoms with E-state index >= 15 is 0 Å². The van der Waals surface area contributed by atoms with Crippen molar-refractivity contribution in [2.45, 2.75) is 25.6 Å². The summed E-state index contributed by atoms with van der Waals surface area (Å²) in [6, 6.07) is 7.63. The molecule has 0 spiro atoms. The normalized spacial score (nSPS) is 10.8. The average molecular weight is 343 g/mol. The average Bonchev–Trinajstić information content (AvgIpc) is 3.24. The van der Waals surface area contributed by atoms with Gasteiger partial charge in [0.25, 0.3) is 11.1 Å². The highest BCUT2D eigenvalue weighted by Gasteiger charge is 2.12. The van der Waals surface area contributed by atoms with E-state index in [1.807, 2.05) is 44.3 Å². The summed E-state index contributed by atoms with van der Waals surface area (Å²) >= 11 is 1.20. The van der Waals surface area contributed by atoms with Gasteiger partial charge in [0.05, 0.1) is 17.5 Å². The maximum absolute atomic E-state index is 12.0. The van der Waals surface area contributed by atoms with Crippen LogP contribution in [0.3, 0.4) is 0 Å². The molecule has 1 aromatic carbocycles. The van der Waals surface area contributed by atoms with Gasteiger partial charge in [0.2, 0.25) is 5.91 Å². The van der Waals surface area contributed by atoms with Crippen molar-refractivity contribution < 1.29 is 9.21 Å². The molecule has 1 N–H and O–H groups in total. The van der Waals surface area contributed by atoms with Crippen molar-refractivity contribution in [3.8, 4) is 11.5 Å². The Morgan fingerprint density at radius 2 is 2.08 bits per heavy atom. The number of aryl methyl sites for hydroxylation is 2. The van der Waals surface area contributed by atoms with Gasteiger partial charge in [-0.2, -0.15) is 5.10 Å². The third kappa shape index (κ3) is 4.02. The standard InChI is InChI=1S/C16H17N5O2S/c1-3-21-9-12(8-17-21)15-19-20-16(23-15)24-10-14(22)18-13-6-4-11(2)5-7-13/h4-9H,3,10H2,1-2H3,(H,18,22). The SMILES string of the molecule is CCn1cc(-c2nnc(SCC(=O)Nc3ccc(C)cc3)o2)cn1. The molecule has 7 nitrogen and oxygen atoms in total. The van der Waals surface area contributed by atoms with Crippen molar-refractivity contribution in [3.63, 3.8) is 0 Å². The van der Waals surface area contributed by atoms with Gasteiger partial charge < -0.3 is 9.73 Å². The summed E-state index contributed by atoms with van der Waals surface area (Å²) in [5, 5.41) is 15.3. The van der Waals surface area contributed by atoms with E-state index in [0.717, 1.165) is 23.4 Å². The number of benzene rings is 1. The van der Waals surface area contributed by atoms with Crippen molar-refractivity contribution >= 4 is 23.4 Å². The molecule has 0 aliphatic rings. The number of carbonyl (C=O) groups excluding carboxylic acids is 1. The maximum atomic E-state index is 12.0. The molecular formula is C16H17N5O2S. The fourth-order valence-electron chi connectivity index (χ4n) is 1.99. The summed E-state index contributed by atoms with van der Waals surface area (Å²) in [5.74, 6) is 0.475. The summed E-state index contributed by atoms with van der Waals surface area (Å²) in [6.07, 6.45) is 3.52. The number of nitrogens with zero attached hydrogens (tertiary/aromatic N) is 4.